The fourth-order valence-corrected chi connectivity index (χ4v) is 1.52. The number of aliphatic hydroxyl groups excluding tert-OH is 1. The molecule has 1 rings (SSSR count). The van der Waals surface area contributed by atoms with Crippen LogP contribution >= 0.6 is 0 Å². The fourth-order valence-electron chi connectivity index (χ4n) is 1.52. The van der Waals surface area contributed by atoms with Gasteiger partial charge >= 0.3 is 0 Å². The number of hydrogen-bond acceptors (Lipinski definition) is 4. The van der Waals surface area contributed by atoms with Crippen molar-refractivity contribution in [3.63, 3.8) is 0 Å². The minimum atomic E-state index is 0.108. The second kappa shape index (κ2) is 7.22. The van der Waals surface area contributed by atoms with Gasteiger partial charge in [-0.2, -0.15) is 0 Å². The van der Waals surface area contributed by atoms with E-state index in [0.29, 0.717) is 25.4 Å². The molecular formula is C12H19NO3. The molecule has 2 N–H and O–H groups in total. The Balaban J connectivity index is 2.56. The number of para-hydroxylation sites is 1. The summed E-state index contributed by atoms with van der Waals surface area (Å²) in [6, 6.07) is 7.24. The molecule has 0 amide bonds. The number of methoxy groups -OCH3 is 1. The number of nitrogens with zero attached hydrogens (tertiary/aromatic N) is 1. The van der Waals surface area contributed by atoms with Gasteiger partial charge in [-0.15, -0.1) is 0 Å². The highest BCUT2D eigenvalue weighted by Gasteiger charge is 2.07. The van der Waals surface area contributed by atoms with E-state index in [-0.39, 0.29) is 6.61 Å². The van der Waals surface area contributed by atoms with E-state index in [1.54, 1.807) is 19.2 Å². The van der Waals surface area contributed by atoms with E-state index >= 15 is 0 Å². The minimum Gasteiger partial charge on any atom is -0.508 e. The number of aliphatic hydroxyl groups is 1. The average molecular weight is 225 g/mol. The molecule has 4 nitrogen and oxygen atoms in total. The summed E-state index contributed by atoms with van der Waals surface area (Å²) in [7, 11) is 1.65. The molecule has 0 saturated heterocycles. The predicted octanol–water partition coefficient (Wildman–Crippen LogP) is 0.833. The molecule has 0 radical (unpaired) electrons. The maximum absolute atomic E-state index is 9.63. The van der Waals surface area contributed by atoms with E-state index in [2.05, 4.69) is 0 Å². The molecule has 4 heteroatoms. The molecule has 0 unspecified atom stereocenters. The van der Waals surface area contributed by atoms with Gasteiger partial charge in [-0.25, -0.2) is 0 Å². The van der Waals surface area contributed by atoms with Crippen LogP contribution in [0.15, 0.2) is 24.3 Å². The van der Waals surface area contributed by atoms with Gasteiger partial charge in [-0.1, -0.05) is 18.2 Å². The monoisotopic (exact) mass is 225 g/mol. The zero-order valence-corrected chi connectivity index (χ0v) is 9.59. The van der Waals surface area contributed by atoms with Gasteiger partial charge in [0.1, 0.15) is 5.75 Å². The zero-order valence-electron chi connectivity index (χ0n) is 9.59. The second-order valence-corrected chi connectivity index (χ2v) is 3.62. The van der Waals surface area contributed by atoms with Crippen LogP contribution in [0.2, 0.25) is 0 Å². The summed E-state index contributed by atoms with van der Waals surface area (Å²) in [5.74, 6) is 0.294. The van der Waals surface area contributed by atoms with E-state index in [0.717, 1.165) is 12.1 Å². The standard InChI is InChI=1S/C12H19NO3/c1-16-9-7-13(6-8-14)10-11-4-2-3-5-12(11)15/h2-5,14-15H,6-10H2,1H3. The third kappa shape index (κ3) is 4.18. The van der Waals surface area contributed by atoms with Crippen molar-refractivity contribution in [2.24, 2.45) is 0 Å². The lowest BCUT2D eigenvalue weighted by Crippen LogP contribution is -2.29. The highest BCUT2D eigenvalue weighted by atomic mass is 16.5. The summed E-state index contributed by atoms with van der Waals surface area (Å²) in [4.78, 5) is 2.04. The molecule has 0 aliphatic rings. The molecule has 0 fully saturated rings. The third-order valence-electron chi connectivity index (χ3n) is 2.41. The first kappa shape index (κ1) is 13.0. The van der Waals surface area contributed by atoms with Crippen molar-refractivity contribution in [1.29, 1.82) is 0 Å². The third-order valence-corrected chi connectivity index (χ3v) is 2.41. The topological polar surface area (TPSA) is 52.9 Å². The quantitative estimate of drug-likeness (QED) is 0.722. The van der Waals surface area contributed by atoms with Crippen molar-refractivity contribution in [2.75, 3.05) is 33.4 Å². The fraction of sp³-hybridized carbons (Fsp3) is 0.500. The normalized spacial score (nSPS) is 10.9. The summed E-state index contributed by atoms with van der Waals surface area (Å²) >= 11 is 0. The Morgan fingerprint density at radius 1 is 1.25 bits per heavy atom. The average Bonchev–Trinajstić information content (AvgIpc) is 2.29. The van der Waals surface area contributed by atoms with E-state index in [1.165, 1.54) is 0 Å². The van der Waals surface area contributed by atoms with Gasteiger partial charge in [0, 0.05) is 32.3 Å². The van der Waals surface area contributed by atoms with Crippen molar-refractivity contribution in [1.82, 2.24) is 4.90 Å². The van der Waals surface area contributed by atoms with Crippen molar-refractivity contribution in [3.8, 4) is 5.75 Å². The Morgan fingerprint density at radius 3 is 2.62 bits per heavy atom. The molecule has 16 heavy (non-hydrogen) atoms. The maximum Gasteiger partial charge on any atom is 0.120 e. The van der Waals surface area contributed by atoms with Gasteiger partial charge in [0.25, 0.3) is 0 Å². The van der Waals surface area contributed by atoms with Crippen LogP contribution < -0.4 is 0 Å². The Morgan fingerprint density at radius 2 is 2.00 bits per heavy atom. The molecule has 0 aliphatic heterocycles. The van der Waals surface area contributed by atoms with Gasteiger partial charge in [0.15, 0.2) is 0 Å². The summed E-state index contributed by atoms with van der Waals surface area (Å²) in [6.45, 7) is 2.67. The molecule has 0 heterocycles. The number of ether oxygens (including phenoxy) is 1. The minimum absolute atomic E-state index is 0.108. The second-order valence-electron chi connectivity index (χ2n) is 3.62. The molecule has 1 aromatic rings. The number of benzene rings is 1. The highest BCUT2D eigenvalue weighted by molar-refractivity contribution is 5.31. The van der Waals surface area contributed by atoms with Crippen LogP contribution in [-0.2, 0) is 11.3 Å². The van der Waals surface area contributed by atoms with Gasteiger partial charge in [0.05, 0.1) is 13.2 Å². The molecule has 0 aromatic heterocycles. The maximum atomic E-state index is 9.63. The summed E-state index contributed by atoms with van der Waals surface area (Å²) in [5, 5.41) is 18.6. The lowest BCUT2D eigenvalue weighted by atomic mass is 10.2. The van der Waals surface area contributed by atoms with Crippen LogP contribution in [0.3, 0.4) is 0 Å². The van der Waals surface area contributed by atoms with Crippen molar-refractivity contribution in [3.05, 3.63) is 29.8 Å². The van der Waals surface area contributed by atoms with E-state index in [9.17, 15) is 5.11 Å². The van der Waals surface area contributed by atoms with Crippen LogP contribution in [-0.4, -0.2) is 48.5 Å². The highest BCUT2D eigenvalue weighted by Crippen LogP contribution is 2.17. The molecule has 0 saturated carbocycles. The molecule has 0 aliphatic carbocycles. The summed E-state index contributed by atoms with van der Waals surface area (Å²) < 4.78 is 5.00. The lowest BCUT2D eigenvalue weighted by Gasteiger charge is -2.21. The van der Waals surface area contributed by atoms with Gasteiger partial charge < -0.3 is 14.9 Å². The van der Waals surface area contributed by atoms with E-state index < -0.39 is 0 Å². The van der Waals surface area contributed by atoms with Crippen molar-refractivity contribution in [2.45, 2.75) is 6.54 Å². The number of aromatic hydroxyl groups is 1. The van der Waals surface area contributed by atoms with Crippen molar-refractivity contribution < 1.29 is 14.9 Å². The van der Waals surface area contributed by atoms with Crippen LogP contribution in [0.4, 0.5) is 0 Å². The molecule has 1 aromatic carbocycles. The van der Waals surface area contributed by atoms with Crippen LogP contribution in [0.1, 0.15) is 5.56 Å². The summed E-state index contributed by atoms with van der Waals surface area (Å²) in [5.41, 5.74) is 0.868. The van der Waals surface area contributed by atoms with Gasteiger partial charge in [0.2, 0.25) is 0 Å². The Labute approximate surface area is 96.1 Å². The number of phenols is 1. The van der Waals surface area contributed by atoms with E-state index in [4.69, 9.17) is 9.84 Å². The van der Waals surface area contributed by atoms with Crippen LogP contribution in [0.25, 0.3) is 0 Å². The first-order valence-electron chi connectivity index (χ1n) is 5.37. The molecule has 90 valence electrons. The van der Waals surface area contributed by atoms with Crippen LogP contribution in [0, 0.1) is 0 Å². The number of hydrogen-bond donors (Lipinski definition) is 2. The molecule has 0 atom stereocenters. The number of phenolic OH excluding ortho intramolecular Hbond substituents is 1. The Kier molecular flexibility index (Phi) is 5.85. The lowest BCUT2D eigenvalue weighted by molar-refractivity contribution is 0.126. The molecule has 0 spiro atoms. The first-order chi connectivity index (χ1) is 7.77. The predicted molar refractivity (Wildman–Crippen MR) is 62.3 cm³/mol. The Bertz CT molecular complexity index is 304. The van der Waals surface area contributed by atoms with Gasteiger partial charge in [-0.3, -0.25) is 4.90 Å². The van der Waals surface area contributed by atoms with Crippen LogP contribution in [0.5, 0.6) is 5.75 Å². The van der Waals surface area contributed by atoms with E-state index in [1.807, 2.05) is 17.0 Å². The molecule has 0 bridgehead atoms. The Hall–Kier alpha value is -1.10. The SMILES string of the molecule is COCCN(CCO)Cc1ccccc1O. The smallest absolute Gasteiger partial charge is 0.120 e. The largest absolute Gasteiger partial charge is 0.508 e. The van der Waals surface area contributed by atoms with Crippen molar-refractivity contribution >= 4 is 0 Å². The number of rotatable bonds is 7. The summed E-state index contributed by atoms with van der Waals surface area (Å²) in [6.07, 6.45) is 0. The molecular weight excluding hydrogens is 206 g/mol. The zero-order chi connectivity index (χ0) is 11.8. The first-order valence-corrected chi connectivity index (χ1v) is 5.37. The van der Waals surface area contributed by atoms with Gasteiger partial charge in [-0.05, 0) is 6.07 Å².